The SMILES string of the molecule is CCN(CC)CC.O=C(OCCC(F)(F)CBr)C12CC3CC(CC(O)(C3)C1)C2. The van der Waals surface area contributed by atoms with Crippen LogP contribution in [0, 0.1) is 17.3 Å². The summed E-state index contributed by atoms with van der Waals surface area (Å²) in [6.45, 7) is 9.87. The lowest BCUT2D eigenvalue weighted by Crippen LogP contribution is -2.58. The summed E-state index contributed by atoms with van der Waals surface area (Å²) < 4.78 is 31.5. The Morgan fingerprint density at radius 1 is 1.14 bits per heavy atom. The third kappa shape index (κ3) is 5.88. The van der Waals surface area contributed by atoms with Crippen molar-refractivity contribution in [2.24, 2.45) is 17.3 Å². The molecule has 0 heterocycles. The fourth-order valence-corrected chi connectivity index (χ4v) is 5.92. The van der Waals surface area contributed by atoms with Crippen LogP contribution in [-0.4, -0.2) is 59.1 Å². The highest BCUT2D eigenvalue weighted by Crippen LogP contribution is 2.62. The van der Waals surface area contributed by atoms with Crippen molar-refractivity contribution in [1.82, 2.24) is 4.90 Å². The van der Waals surface area contributed by atoms with E-state index in [-0.39, 0.29) is 12.6 Å². The summed E-state index contributed by atoms with van der Waals surface area (Å²) in [4.78, 5) is 14.8. The van der Waals surface area contributed by atoms with E-state index in [1.165, 1.54) is 19.6 Å². The van der Waals surface area contributed by atoms with Gasteiger partial charge < -0.3 is 14.7 Å². The smallest absolute Gasteiger partial charge is 0.312 e. The number of aliphatic hydroxyl groups is 1. The number of hydrogen-bond acceptors (Lipinski definition) is 4. The van der Waals surface area contributed by atoms with E-state index in [9.17, 15) is 18.7 Å². The van der Waals surface area contributed by atoms with Gasteiger partial charge in [0, 0.05) is 6.42 Å². The largest absolute Gasteiger partial charge is 0.465 e. The molecule has 7 heteroatoms. The molecule has 0 saturated heterocycles. The van der Waals surface area contributed by atoms with Crippen molar-refractivity contribution >= 4 is 21.9 Å². The molecule has 0 aromatic heterocycles. The van der Waals surface area contributed by atoms with Gasteiger partial charge in [-0.3, -0.25) is 4.79 Å². The number of carbonyl (C=O) groups is 1. The predicted molar refractivity (Wildman–Crippen MR) is 110 cm³/mol. The third-order valence-electron chi connectivity index (χ3n) is 6.70. The van der Waals surface area contributed by atoms with Crippen molar-refractivity contribution in [3.63, 3.8) is 0 Å². The van der Waals surface area contributed by atoms with E-state index in [4.69, 9.17) is 4.74 Å². The molecule has 164 valence electrons. The van der Waals surface area contributed by atoms with Crippen molar-refractivity contribution in [2.75, 3.05) is 31.6 Å². The number of halogens is 3. The first-order chi connectivity index (χ1) is 13.1. The summed E-state index contributed by atoms with van der Waals surface area (Å²) in [5.41, 5.74) is -1.36. The Morgan fingerprint density at radius 3 is 2.07 bits per heavy atom. The van der Waals surface area contributed by atoms with Crippen molar-refractivity contribution in [2.45, 2.75) is 77.2 Å². The summed E-state index contributed by atoms with van der Waals surface area (Å²) in [6.07, 6.45) is 4.12. The van der Waals surface area contributed by atoms with E-state index in [0.29, 0.717) is 18.3 Å². The van der Waals surface area contributed by atoms with Crippen LogP contribution < -0.4 is 0 Å². The first-order valence-electron chi connectivity index (χ1n) is 10.7. The van der Waals surface area contributed by atoms with Gasteiger partial charge in [0.1, 0.15) is 0 Å². The maximum Gasteiger partial charge on any atom is 0.312 e. The standard InChI is InChI=1S/C15H21BrF2O3.C6H15N/c16-9-15(17,18)1-2-21-12(19)13-4-10-3-11(5-13)7-14(20,6-10)8-13;1-4-7(5-2)6-3/h10-11,20H,1-9H2;4-6H2,1-3H3. The fraction of sp³-hybridized carbons (Fsp3) is 0.952. The highest BCUT2D eigenvalue weighted by molar-refractivity contribution is 9.09. The summed E-state index contributed by atoms with van der Waals surface area (Å²) in [5.74, 6) is -2.46. The summed E-state index contributed by atoms with van der Waals surface area (Å²) in [5, 5.41) is 10.2. The first-order valence-corrected chi connectivity index (χ1v) is 11.8. The third-order valence-corrected chi connectivity index (χ3v) is 7.52. The molecule has 2 unspecified atom stereocenters. The van der Waals surface area contributed by atoms with E-state index in [1.807, 2.05) is 0 Å². The van der Waals surface area contributed by atoms with E-state index in [0.717, 1.165) is 32.1 Å². The van der Waals surface area contributed by atoms with Gasteiger partial charge in [-0.25, -0.2) is 8.78 Å². The van der Waals surface area contributed by atoms with Crippen LogP contribution in [0.4, 0.5) is 8.78 Å². The molecule has 1 N–H and O–H groups in total. The second-order valence-electron chi connectivity index (χ2n) is 8.96. The van der Waals surface area contributed by atoms with Gasteiger partial charge in [0.15, 0.2) is 0 Å². The molecule has 0 amide bonds. The Morgan fingerprint density at radius 2 is 1.68 bits per heavy atom. The number of hydrogen-bond donors (Lipinski definition) is 1. The lowest BCUT2D eigenvalue weighted by atomic mass is 9.48. The molecule has 4 rings (SSSR count). The normalized spacial score (nSPS) is 33.6. The van der Waals surface area contributed by atoms with Gasteiger partial charge >= 0.3 is 5.97 Å². The van der Waals surface area contributed by atoms with E-state index >= 15 is 0 Å². The van der Waals surface area contributed by atoms with Gasteiger partial charge in [-0.15, -0.1) is 0 Å². The van der Waals surface area contributed by atoms with Crippen molar-refractivity contribution < 1.29 is 23.4 Å². The number of esters is 1. The first kappa shape index (κ1) is 24.0. The van der Waals surface area contributed by atoms with E-state index in [2.05, 4.69) is 41.6 Å². The van der Waals surface area contributed by atoms with Crippen molar-refractivity contribution in [1.29, 1.82) is 0 Å². The number of rotatable bonds is 8. The summed E-state index contributed by atoms with van der Waals surface area (Å²) >= 11 is 2.75. The molecule has 28 heavy (non-hydrogen) atoms. The van der Waals surface area contributed by atoms with Crippen LogP contribution in [-0.2, 0) is 9.53 Å². The highest BCUT2D eigenvalue weighted by atomic mass is 79.9. The van der Waals surface area contributed by atoms with E-state index in [1.54, 1.807) is 0 Å². The minimum Gasteiger partial charge on any atom is -0.465 e. The molecule has 4 fully saturated rings. The molecule has 0 aromatic rings. The Hall–Kier alpha value is -0.270. The van der Waals surface area contributed by atoms with Crippen LogP contribution in [0.2, 0.25) is 0 Å². The van der Waals surface area contributed by atoms with Gasteiger partial charge in [0.05, 0.1) is 23.0 Å². The Labute approximate surface area is 176 Å². The Kier molecular flexibility index (Phi) is 8.31. The van der Waals surface area contributed by atoms with Crippen LogP contribution in [0.5, 0.6) is 0 Å². The van der Waals surface area contributed by atoms with Gasteiger partial charge in [0.2, 0.25) is 0 Å². The number of carbonyl (C=O) groups excluding carboxylic acids is 1. The molecule has 4 nitrogen and oxygen atoms in total. The zero-order chi connectivity index (χ0) is 21.0. The molecule has 0 radical (unpaired) electrons. The Bertz CT molecular complexity index is 508. The average Bonchev–Trinajstić information content (AvgIpc) is 2.61. The van der Waals surface area contributed by atoms with Gasteiger partial charge in [-0.05, 0) is 70.0 Å². The highest BCUT2D eigenvalue weighted by Gasteiger charge is 2.60. The fourth-order valence-electron chi connectivity index (χ4n) is 5.64. The molecular weight excluding hydrogens is 432 g/mol. The zero-order valence-corrected chi connectivity index (χ0v) is 19.1. The molecule has 4 saturated carbocycles. The second-order valence-corrected chi connectivity index (χ2v) is 9.52. The number of ether oxygens (including phenoxy) is 1. The van der Waals surface area contributed by atoms with Crippen LogP contribution >= 0.6 is 15.9 Å². The van der Waals surface area contributed by atoms with Crippen LogP contribution in [0.15, 0.2) is 0 Å². The molecule has 0 spiro atoms. The van der Waals surface area contributed by atoms with Gasteiger partial charge in [0.25, 0.3) is 5.92 Å². The van der Waals surface area contributed by atoms with Crippen molar-refractivity contribution in [3.05, 3.63) is 0 Å². The number of nitrogens with zero attached hydrogens (tertiary/aromatic N) is 1. The Balaban J connectivity index is 0.000000345. The van der Waals surface area contributed by atoms with Crippen LogP contribution in [0.25, 0.3) is 0 Å². The number of alkyl halides is 3. The quantitative estimate of drug-likeness (QED) is 0.417. The lowest BCUT2D eigenvalue weighted by Gasteiger charge is -2.58. The van der Waals surface area contributed by atoms with Crippen LogP contribution in [0.3, 0.4) is 0 Å². The predicted octanol–water partition coefficient (Wildman–Crippen LogP) is 4.63. The zero-order valence-electron chi connectivity index (χ0n) is 17.5. The molecule has 4 bridgehead atoms. The van der Waals surface area contributed by atoms with E-state index < -0.39 is 28.7 Å². The summed E-state index contributed by atoms with van der Waals surface area (Å²) in [7, 11) is 0. The molecule has 4 aliphatic carbocycles. The molecule has 0 aromatic carbocycles. The maximum absolute atomic E-state index is 13.1. The maximum atomic E-state index is 13.1. The van der Waals surface area contributed by atoms with Gasteiger partial charge in [-0.1, -0.05) is 36.7 Å². The minimum atomic E-state index is -2.85. The minimum absolute atomic E-state index is 0.257. The summed E-state index contributed by atoms with van der Waals surface area (Å²) in [6, 6.07) is 0. The van der Waals surface area contributed by atoms with Crippen molar-refractivity contribution in [3.8, 4) is 0 Å². The average molecular weight is 468 g/mol. The molecular formula is C21H36BrF2NO3. The molecule has 4 aliphatic rings. The second kappa shape index (κ2) is 9.69. The monoisotopic (exact) mass is 467 g/mol. The molecule has 0 aliphatic heterocycles. The van der Waals surface area contributed by atoms with Crippen LogP contribution in [0.1, 0.15) is 65.7 Å². The lowest BCUT2D eigenvalue weighted by molar-refractivity contribution is -0.197. The molecule has 2 atom stereocenters. The van der Waals surface area contributed by atoms with Gasteiger partial charge in [-0.2, -0.15) is 0 Å². The topological polar surface area (TPSA) is 49.8 Å².